The number of aromatic nitrogens is 2. The summed E-state index contributed by atoms with van der Waals surface area (Å²) in [7, 11) is 1.93. The summed E-state index contributed by atoms with van der Waals surface area (Å²) in [4.78, 5) is 11.6. The van der Waals surface area contributed by atoms with E-state index < -0.39 is 11.5 Å². The molecule has 1 fully saturated rings. The first-order valence-corrected chi connectivity index (χ1v) is 7.89. The molecule has 1 heterocycles. The monoisotopic (exact) mass is 297 g/mol. The maximum absolute atomic E-state index is 11.6. The van der Waals surface area contributed by atoms with E-state index in [0.717, 1.165) is 17.1 Å². The van der Waals surface area contributed by atoms with Crippen molar-refractivity contribution in [3.8, 4) is 0 Å². The highest BCUT2D eigenvalue weighted by Gasteiger charge is 2.46. The van der Waals surface area contributed by atoms with Gasteiger partial charge in [0.25, 0.3) is 0 Å². The molecule has 0 aliphatic heterocycles. The lowest BCUT2D eigenvalue weighted by atomic mass is 9.97. The van der Waals surface area contributed by atoms with E-state index in [1.54, 1.807) is 11.8 Å². The maximum atomic E-state index is 11.6. The molecule has 1 saturated carbocycles. The van der Waals surface area contributed by atoms with Crippen molar-refractivity contribution in [3.63, 3.8) is 0 Å². The van der Waals surface area contributed by atoms with Crippen molar-refractivity contribution >= 4 is 17.7 Å². The minimum Gasteiger partial charge on any atom is -0.480 e. The number of hydrogen-bond acceptors (Lipinski definition) is 4. The van der Waals surface area contributed by atoms with Crippen LogP contribution in [0.3, 0.4) is 0 Å². The van der Waals surface area contributed by atoms with E-state index in [-0.39, 0.29) is 6.04 Å². The summed E-state index contributed by atoms with van der Waals surface area (Å²) >= 11 is 1.74. The zero-order chi connectivity index (χ0) is 14.9. The fraction of sp³-hybridized carbons (Fsp3) is 0.714. The third-order valence-corrected chi connectivity index (χ3v) is 5.05. The largest absolute Gasteiger partial charge is 0.480 e. The molecule has 2 N–H and O–H groups in total. The Morgan fingerprint density at radius 3 is 2.85 bits per heavy atom. The van der Waals surface area contributed by atoms with E-state index in [1.807, 2.05) is 32.5 Å². The standard InChI is InChI=1S/C14H23N3O2S/c1-9(2)15-14(13(18)19)6-5-11(8-14)20-12-7-10(3)16-17(12)4/h7,9,11,15H,5-6,8H2,1-4H3,(H,18,19). The number of rotatable bonds is 5. The van der Waals surface area contributed by atoms with Gasteiger partial charge in [-0.2, -0.15) is 5.10 Å². The number of carboxylic acid groups (broad SMARTS) is 1. The Balaban J connectivity index is 2.07. The predicted octanol–water partition coefficient (Wildman–Crippen LogP) is 2.19. The Labute approximate surface area is 124 Å². The summed E-state index contributed by atoms with van der Waals surface area (Å²) < 4.78 is 1.87. The lowest BCUT2D eigenvalue weighted by Gasteiger charge is -2.28. The van der Waals surface area contributed by atoms with Gasteiger partial charge in [-0.15, -0.1) is 11.8 Å². The number of nitrogens with zero attached hydrogens (tertiary/aromatic N) is 2. The molecule has 1 aliphatic rings. The van der Waals surface area contributed by atoms with Crippen LogP contribution in [0.1, 0.15) is 38.8 Å². The van der Waals surface area contributed by atoms with Gasteiger partial charge in [-0.25, -0.2) is 0 Å². The summed E-state index contributed by atoms with van der Waals surface area (Å²) in [6.07, 6.45) is 2.27. The molecule has 6 heteroatoms. The van der Waals surface area contributed by atoms with Gasteiger partial charge >= 0.3 is 5.97 Å². The highest BCUT2D eigenvalue weighted by Crippen LogP contribution is 2.40. The van der Waals surface area contributed by atoms with Crippen LogP contribution in [-0.4, -0.2) is 37.7 Å². The van der Waals surface area contributed by atoms with Crippen molar-refractivity contribution in [1.29, 1.82) is 0 Å². The van der Waals surface area contributed by atoms with Crippen molar-refractivity contribution < 1.29 is 9.90 Å². The van der Waals surface area contributed by atoms with Crippen molar-refractivity contribution in [2.75, 3.05) is 0 Å². The van der Waals surface area contributed by atoms with E-state index in [2.05, 4.69) is 16.5 Å². The molecule has 1 aliphatic carbocycles. The molecule has 2 atom stereocenters. The molecule has 0 aromatic carbocycles. The van der Waals surface area contributed by atoms with Gasteiger partial charge in [0, 0.05) is 18.3 Å². The topological polar surface area (TPSA) is 67.2 Å². The van der Waals surface area contributed by atoms with Crippen molar-refractivity contribution in [1.82, 2.24) is 15.1 Å². The van der Waals surface area contributed by atoms with Gasteiger partial charge in [-0.1, -0.05) is 0 Å². The van der Waals surface area contributed by atoms with Crippen molar-refractivity contribution in [2.45, 2.75) is 61.9 Å². The molecule has 0 spiro atoms. The number of carbonyl (C=O) groups is 1. The summed E-state index contributed by atoms with van der Waals surface area (Å²) in [5.74, 6) is -0.726. The summed E-state index contributed by atoms with van der Waals surface area (Å²) in [6, 6.07) is 2.23. The van der Waals surface area contributed by atoms with E-state index in [4.69, 9.17) is 0 Å². The van der Waals surface area contributed by atoms with Crippen LogP contribution in [0.2, 0.25) is 0 Å². The first-order valence-electron chi connectivity index (χ1n) is 7.01. The summed E-state index contributed by atoms with van der Waals surface area (Å²) in [6.45, 7) is 5.96. The minimum atomic E-state index is -0.764. The minimum absolute atomic E-state index is 0.175. The molecule has 0 radical (unpaired) electrons. The molecular formula is C14H23N3O2S. The zero-order valence-electron chi connectivity index (χ0n) is 12.5. The Morgan fingerprint density at radius 2 is 2.35 bits per heavy atom. The SMILES string of the molecule is Cc1cc(SC2CCC(NC(C)C)(C(=O)O)C2)n(C)n1. The number of aliphatic carboxylic acids is 1. The molecule has 0 amide bonds. The number of hydrogen-bond donors (Lipinski definition) is 2. The van der Waals surface area contributed by atoms with E-state index >= 15 is 0 Å². The van der Waals surface area contributed by atoms with Crippen LogP contribution in [0.25, 0.3) is 0 Å². The van der Waals surface area contributed by atoms with E-state index in [1.165, 1.54) is 0 Å². The quantitative estimate of drug-likeness (QED) is 0.872. The molecular weight excluding hydrogens is 274 g/mol. The summed E-state index contributed by atoms with van der Waals surface area (Å²) in [5.41, 5.74) is 0.234. The van der Waals surface area contributed by atoms with E-state index in [9.17, 15) is 9.90 Å². The van der Waals surface area contributed by atoms with Crippen molar-refractivity contribution in [2.24, 2.45) is 7.05 Å². The third-order valence-electron chi connectivity index (χ3n) is 3.69. The van der Waals surface area contributed by atoms with Gasteiger partial charge in [0.2, 0.25) is 0 Å². The van der Waals surface area contributed by atoms with Crippen LogP contribution >= 0.6 is 11.8 Å². The highest BCUT2D eigenvalue weighted by molar-refractivity contribution is 7.99. The van der Waals surface area contributed by atoms with Gasteiger partial charge in [-0.05, 0) is 46.1 Å². The second-order valence-corrected chi connectivity index (χ2v) is 7.24. The number of carboxylic acids is 1. The molecule has 20 heavy (non-hydrogen) atoms. The Hall–Kier alpha value is -1.01. The van der Waals surface area contributed by atoms with Gasteiger partial charge in [0.15, 0.2) is 0 Å². The van der Waals surface area contributed by atoms with Crippen LogP contribution in [-0.2, 0) is 11.8 Å². The van der Waals surface area contributed by atoms with Crippen LogP contribution < -0.4 is 5.32 Å². The van der Waals surface area contributed by atoms with E-state index in [0.29, 0.717) is 18.1 Å². The third kappa shape index (κ3) is 3.17. The Kier molecular flexibility index (Phi) is 4.44. The fourth-order valence-electron chi connectivity index (χ4n) is 2.91. The Morgan fingerprint density at radius 1 is 1.65 bits per heavy atom. The molecule has 1 aromatic heterocycles. The lowest BCUT2D eigenvalue weighted by molar-refractivity contribution is -0.145. The zero-order valence-corrected chi connectivity index (χ0v) is 13.3. The molecule has 2 rings (SSSR count). The average molecular weight is 297 g/mol. The molecule has 0 saturated heterocycles. The summed E-state index contributed by atoms with van der Waals surface area (Å²) in [5, 5.41) is 18.6. The lowest BCUT2D eigenvalue weighted by Crippen LogP contribution is -2.53. The van der Waals surface area contributed by atoms with Crippen LogP contribution in [0.15, 0.2) is 11.1 Å². The number of nitrogens with one attached hydrogen (secondary N) is 1. The van der Waals surface area contributed by atoms with Gasteiger partial charge in [-0.3, -0.25) is 14.8 Å². The predicted molar refractivity (Wildman–Crippen MR) is 80.1 cm³/mol. The van der Waals surface area contributed by atoms with Gasteiger partial charge in [0.1, 0.15) is 5.54 Å². The smallest absolute Gasteiger partial charge is 0.323 e. The normalized spacial score (nSPS) is 26.4. The highest BCUT2D eigenvalue weighted by atomic mass is 32.2. The molecule has 112 valence electrons. The first-order chi connectivity index (χ1) is 9.32. The van der Waals surface area contributed by atoms with Gasteiger partial charge in [0.05, 0.1) is 10.7 Å². The van der Waals surface area contributed by atoms with Crippen molar-refractivity contribution in [3.05, 3.63) is 11.8 Å². The Bertz CT molecular complexity index is 501. The fourth-order valence-corrected chi connectivity index (χ4v) is 4.29. The number of thioether (sulfide) groups is 1. The second kappa shape index (κ2) is 5.77. The number of aryl methyl sites for hydroxylation is 2. The van der Waals surface area contributed by atoms with Crippen LogP contribution in [0.4, 0.5) is 0 Å². The second-order valence-electron chi connectivity index (χ2n) is 5.92. The molecule has 2 unspecified atom stereocenters. The average Bonchev–Trinajstić information content (AvgIpc) is 2.84. The first kappa shape index (κ1) is 15.4. The molecule has 0 bridgehead atoms. The maximum Gasteiger partial charge on any atom is 0.323 e. The molecule has 1 aromatic rings. The van der Waals surface area contributed by atoms with Crippen LogP contribution in [0.5, 0.6) is 0 Å². The van der Waals surface area contributed by atoms with Crippen LogP contribution in [0, 0.1) is 6.92 Å². The molecule has 5 nitrogen and oxygen atoms in total. The van der Waals surface area contributed by atoms with Gasteiger partial charge < -0.3 is 5.11 Å².